The lowest BCUT2D eigenvalue weighted by atomic mass is 9.80. The van der Waals surface area contributed by atoms with E-state index in [1.807, 2.05) is 0 Å². The van der Waals surface area contributed by atoms with E-state index < -0.39 is 0 Å². The lowest BCUT2D eigenvalue weighted by Gasteiger charge is -2.44. The number of rotatable bonds is 12. The van der Waals surface area contributed by atoms with Crippen LogP contribution in [-0.2, 0) is 0 Å². The van der Waals surface area contributed by atoms with Gasteiger partial charge in [-0.3, -0.25) is 4.90 Å². The SMILES string of the molecule is CCCNCC(CC)(CC)CN(CCCO)C1CCC1. The minimum atomic E-state index is 0.322. The lowest BCUT2D eigenvalue weighted by molar-refractivity contribution is 0.0569. The molecule has 0 aromatic carbocycles. The minimum absolute atomic E-state index is 0.322. The third kappa shape index (κ3) is 5.34. The van der Waals surface area contributed by atoms with Gasteiger partial charge in [-0.15, -0.1) is 0 Å². The van der Waals surface area contributed by atoms with Gasteiger partial charge in [-0.25, -0.2) is 0 Å². The summed E-state index contributed by atoms with van der Waals surface area (Å²) in [5, 5.41) is 12.8. The van der Waals surface area contributed by atoms with Gasteiger partial charge >= 0.3 is 0 Å². The van der Waals surface area contributed by atoms with Crippen molar-refractivity contribution < 1.29 is 5.11 Å². The summed E-state index contributed by atoms with van der Waals surface area (Å²) in [6.45, 7) is 11.7. The molecule has 0 aromatic rings. The van der Waals surface area contributed by atoms with Gasteiger partial charge < -0.3 is 10.4 Å². The van der Waals surface area contributed by atoms with Gasteiger partial charge in [0.1, 0.15) is 0 Å². The molecule has 0 aliphatic heterocycles. The molecule has 1 aliphatic rings. The van der Waals surface area contributed by atoms with Crippen LogP contribution in [0.25, 0.3) is 0 Å². The Morgan fingerprint density at radius 3 is 2.35 bits per heavy atom. The molecule has 2 N–H and O–H groups in total. The van der Waals surface area contributed by atoms with Gasteiger partial charge in [0.15, 0.2) is 0 Å². The zero-order valence-electron chi connectivity index (χ0n) is 14.0. The third-order valence-electron chi connectivity index (χ3n) is 5.16. The van der Waals surface area contributed by atoms with Gasteiger partial charge in [0.05, 0.1) is 0 Å². The second-order valence-electron chi connectivity index (χ2n) is 6.52. The van der Waals surface area contributed by atoms with Gasteiger partial charge in [-0.2, -0.15) is 0 Å². The van der Waals surface area contributed by atoms with Crippen molar-refractivity contribution in [3.8, 4) is 0 Å². The smallest absolute Gasteiger partial charge is 0.0443 e. The largest absolute Gasteiger partial charge is 0.396 e. The lowest BCUT2D eigenvalue weighted by Crippen LogP contribution is -2.49. The maximum atomic E-state index is 9.13. The summed E-state index contributed by atoms with van der Waals surface area (Å²) in [5.74, 6) is 0. The Labute approximate surface area is 126 Å². The van der Waals surface area contributed by atoms with Gasteiger partial charge in [0.2, 0.25) is 0 Å². The normalized spacial score (nSPS) is 16.6. The molecule has 0 radical (unpaired) electrons. The third-order valence-corrected chi connectivity index (χ3v) is 5.16. The summed E-state index contributed by atoms with van der Waals surface area (Å²) < 4.78 is 0. The number of nitrogens with one attached hydrogen (secondary N) is 1. The van der Waals surface area contributed by atoms with Gasteiger partial charge in [0.25, 0.3) is 0 Å². The highest BCUT2D eigenvalue weighted by atomic mass is 16.3. The highest BCUT2D eigenvalue weighted by molar-refractivity contribution is 4.88. The van der Waals surface area contributed by atoms with E-state index in [1.165, 1.54) is 45.1 Å². The van der Waals surface area contributed by atoms with Crippen molar-refractivity contribution in [2.75, 3.05) is 32.8 Å². The fourth-order valence-corrected chi connectivity index (χ4v) is 3.16. The summed E-state index contributed by atoms with van der Waals surface area (Å²) in [6, 6.07) is 0.783. The average Bonchev–Trinajstić information content (AvgIpc) is 2.41. The predicted octanol–water partition coefficient (Wildman–Crippen LogP) is 3.03. The van der Waals surface area contributed by atoms with E-state index in [1.54, 1.807) is 0 Å². The fourth-order valence-electron chi connectivity index (χ4n) is 3.16. The Kier molecular flexibility index (Phi) is 8.74. The van der Waals surface area contributed by atoms with Crippen LogP contribution < -0.4 is 5.32 Å². The van der Waals surface area contributed by atoms with E-state index in [-0.39, 0.29) is 0 Å². The molecule has 20 heavy (non-hydrogen) atoms. The van der Waals surface area contributed by atoms with Crippen LogP contribution in [0.1, 0.15) is 65.7 Å². The predicted molar refractivity (Wildman–Crippen MR) is 87.1 cm³/mol. The molecule has 1 saturated carbocycles. The van der Waals surface area contributed by atoms with E-state index in [4.69, 9.17) is 5.11 Å². The Morgan fingerprint density at radius 2 is 1.90 bits per heavy atom. The summed E-state index contributed by atoms with van der Waals surface area (Å²) in [6.07, 6.45) is 8.71. The maximum Gasteiger partial charge on any atom is 0.0443 e. The van der Waals surface area contributed by atoms with Crippen LogP contribution in [0.2, 0.25) is 0 Å². The molecule has 0 bridgehead atoms. The molecule has 0 amide bonds. The highest BCUT2D eigenvalue weighted by Crippen LogP contribution is 2.32. The summed E-state index contributed by atoms with van der Waals surface area (Å²) in [5.41, 5.74) is 0.403. The molecule has 0 atom stereocenters. The van der Waals surface area contributed by atoms with E-state index >= 15 is 0 Å². The quantitative estimate of drug-likeness (QED) is 0.541. The molecule has 1 rings (SSSR count). The first-order valence-electron chi connectivity index (χ1n) is 8.77. The number of aliphatic hydroxyl groups is 1. The van der Waals surface area contributed by atoms with Crippen molar-refractivity contribution in [3.05, 3.63) is 0 Å². The molecule has 0 spiro atoms. The van der Waals surface area contributed by atoms with Crippen molar-refractivity contribution in [3.63, 3.8) is 0 Å². The highest BCUT2D eigenvalue weighted by Gasteiger charge is 2.33. The van der Waals surface area contributed by atoms with E-state index in [0.29, 0.717) is 12.0 Å². The van der Waals surface area contributed by atoms with E-state index in [2.05, 4.69) is 31.0 Å². The molecule has 1 aliphatic carbocycles. The molecule has 0 heterocycles. The van der Waals surface area contributed by atoms with Crippen LogP contribution in [0, 0.1) is 5.41 Å². The van der Waals surface area contributed by atoms with Crippen LogP contribution in [0.5, 0.6) is 0 Å². The average molecular weight is 284 g/mol. The van der Waals surface area contributed by atoms with Gasteiger partial charge in [-0.1, -0.05) is 27.2 Å². The van der Waals surface area contributed by atoms with Gasteiger partial charge in [-0.05, 0) is 50.5 Å². The van der Waals surface area contributed by atoms with Crippen molar-refractivity contribution >= 4 is 0 Å². The summed E-state index contributed by atoms with van der Waals surface area (Å²) in [4.78, 5) is 2.67. The first kappa shape index (κ1) is 17.9. The fraction of sp³-hybridized carbons (Fsp3) is 1.00. The molecule has 3 heteroatoms. The molecule has 0 aromatic heterocycles. The first-order valence-corrected chi connectivity index (χ1v) is 8.77. The molecule has 120 valence electrons. The van der Waals surface area contributed by atoms with Crippen LogP contribution >= 0.6 is 0 Å². The van der Waals surface area contributed by atoms with Crippen molar-refractivity contribution in [2.24, 2.45) is 5.41 Å². The molecule has 0 unspecified atom stereocenters. The monoisotopic (exact) mass is 284 g/mol. The van der Waals surface area contributed by atoms with Crippen molar-refractivity contribution in [2.45, 2.75) is 71.8 Å². The Bertz CT molecular complexity index is 237. The standard InChI is InChI=1S/C17H36N2O/c1-4-11-18-14-17(5-2,6-3)15-19(12-8-13-20)16-9-7-10-16/h16,18,20H,4-15H2,1-3H3. The first-order chi connectivity index (χ1) is 9.71. The molecule has 3 nitrogen and oxygen atoms in total. The van der Waals surface area contributed by atoms with Crippen LogP contribution in [0.3, 0.4) is 0 Å². The number of hydrogen-bond donors (Lipinski definition) is 2. The van der Waals surface area contributed by atoms with Gasteiger partial charge in [0, 0.05) is 32.3 Å². The second kappa shape index (κ2) is 9.75. The van der Waals surface area contributed by atoms with E-state index in [0.717, 1.165) is 32.1 Å². The van der Waals surface area contributed by atoms with Crippen LogP contribution in [-0.4, -0.2) is 48.8 Å². The molecular weight excluding hydrogens is 248 g/mol. The molecular formula is C17H36N2O. The second-order valence-corrected chi connectivity index (χ2v) is 6.52. The number of aliphatic hydroxyl groups excluding tert-OH is 1. The summed E-state index contributed by atoms with van der Waals surface area (Å²) in [7, 11) is 0. The van der Waals surface area contributed by atoms with E-state index in [9.17, 15) is 0 Å². The molecule has 0 saturated heterocycles. The Morgan fingerprint density at radius 1 is 1.20 bits per heavy atom. The zero-order valence-corrected chi connectivity index (χ0v) is 14.0. The van der Waals surface area contributed by atoms with Crippen molar-refractivity contribution in [1.29, 1.82) is 0 Å². The molecule has 1 fully saturated rings. The van der Waals surface area contributed by atoms with Crippen LogP contribution in [0.4, 0.5) is 0 Å². The maximum absolute atomic E-state index is 9.13. The zero-order chi connectivity index (χ0) is 14.8. The topological polar surface area (TPSA) is 35.5 Å². The number of nitrogens with zero attached hydrogens (tertiary/aromatic N) is 1. The van der Waals surface area contributed by atoms with Crippen LogP contribution in [0.15, 0.2) is 0 Å². The number of hydrogen-bond acceptors (Lipinski definition) is 3. The Hall–Kier alpha value is -0.120. The van der Waals surface area contributed by atoms with Crippen molar-refractivity contribution in [1.82, 2.24) is 10.2 Å². The Balaban J connectivity index is 2.57. The summed E-state index contributed by atoms with van der Waals surface area (Å²) >= 11 is 0. The minimum Gasteiger partial charge on any atom is -0.396 e.